The number of sulfone groups is 1. The van der Waals surface area contributed by atoms with Crippen LogP contribution in [0.25, 0.3) is 0 Å². The van der Waals surface area contributed by atoms with Crippen molar-refractivity contribution in [2.24, 2.45) is 11.3 Å². The Morgan fingerprint density at radius 3 is 2.71 bits per heavy atom. The van der Waals surface area contributed by atoms with Crippen molar-refractivity contribution >= 4 is 21.4 Å². The summed E-state index contributed by atoms with van der Waals surface area (Å²) in [6.07, 6.45) is 1.58. The van der Waals surface area contributed by atoms with Gasteiger partial charge >= 0.3 is 0 Å². The molecule has 0 radical (unpaired) electrons. The number of hydrogen-bond donors (Lipinski definition) is 1. The number of nitrogens with one attached hydrogen (secondary N) is 1. The molecule has 0 aliphatic carbocycles. The topological polar surface area (TPSA) is 55.4 Å². The Balaban J connectivity index is 1.86. The highest BCUT2D eigenvalue weighted by molar-refractivity contribution is 7.91. The van der Waals surface area contributed by atoms with E-state index in [1.807, 2.05) is 18.2 Å². The van der Waals surface area contributed by atoms with E-state index in [-0.39, 0.29) is 11.3 Å². The molecule has 2 saturated heterocycles. The van der Waals surface area contributed by atoms with E-state index in [0.717, 1.165) is 37.2 Å². The highest BCUT2D eigenvalue weighted by atomic mass is 35.5. The molecule has 1 unspecified atom stereocenters. The van der Waals surface area contributed by atoms with Crippen LogP contribution in [0.3, 0.4) is 0 Å². The fraction of sp³-hybridized carbons (Fsp3) is 0.600. The molecule has 2 fully saturated rings. The first-order valence-electron chi connectivity index (χ1n) is 7.18. The Labute approximate surface area is 130 Å². The molecule has 0 bridgehead atoms. The summed E-state index contributed by atoms with van der Waals surface area (Å²) in [5, 5.41) is 4.00. The predicted molar refractivity (Wildman–Crippen MR) is 83.8 cm³/mol. The van der Waals surface area contributed by atoms with Crippen LogP contribution in [0.5, 0.6) is 5.75 Å². The number of hydrogen-bond acceptors (Lipinski definition) is 4. The fourth-order valence-corrected chi connectivity index (χ4v) is 5.68. The van der Waals surface area contributed by atoms with Crippen LogP contribution < -0.4 is 10.1 Å². The van der Waals surface area contributed by atoms with Crippen LogP contribution in [0.2, 0.25) is 5.02 Å². The van der Waals surface area contributed by atoms with Crippen LogP contribution in [0.1, 0.15) is 12.0 Å². The smallest absolute Gasteiger partial charge is 0.150 e. The van der Waals surface area contributed by atoms with E-state index < -0.39 is 9.84 Å². The zero-order valence-electron chi connectivity index (χ0n) is 12.1. The van der Waals surface area contributed by atoms with Gasteiger partial charge in [0.15, 0.2) is 9.84 Å². The number of methoxy groups -OCH3 is 1. The van der Waals surface area contributed by atoms with Crippen molar-refractivity contribution in [1.82, 2.24) is 5.32 Å². The summed E-state index contributed by atoms with van der Waals surface area (Å²) in [5.74, 6) is 1.70. The van der Waals surface area contributed by atoms with Gasteiger partial charge in [0.2, 0.25) is 0 Å². The van der Waals surface area contributed by atoms with E-state index in [2.05, 4.69) is 5.32 Å². The minimum Gasteiger partial charge on any atom is -0.496 e. The van der Waals surface area contributed by atoms with Gasteiger partial charge < -0.3 is 10.1 Å². The standard InChI is InChI=1S/C15H20ClNO3S/c1-20-14-3-2-13(16)6-11(14)7-15(9-17-10-15)12-4-5-21(18,19)8-12/h2-3,6,12,17H,4-5,7-10H2,1H3. The largest absolute Gasteiger partial charge is 0.496 e. The van der Waals surface area contributed by atoms with Crippen LogP contribution in [0.15, 0.2) is 18.2 Å². The van der Waals surface area contributed by atoms with Gasteiger partial charge in [0.25, 0.3) is 0 Å². The van der Waals surface area contributed by atoms with Gasteiger partial charge in [-0.15, -0.1) is 0 Å². The third-order valence-electron chi connectivity index (χ3n) is 4.84. The van der Waals surface area contributed by atoms with Gasteiger partial charge in [-0.1, -0.05) is 11.6 Å². The fourth-order valence-electron chi connectivity index (χ4n) is 3.55. The highest BCUT2D eigenvalue weighted by Gasteiger charge is 2.48. The van der Waals surface area contributed by atoms with Gasteiger partial charge in [-0.05, 0) is 42.5 Å². The maximum absolute atomic E-state index is 11.8. The maximum atomic E-state index is 11.8. The Kier molecular flexibility index (Phi) is 3.93. The van der Waals surface area contributed by atoms with Gasteiger partial charge in [-0.2, -0.15) is 0 Å². The van der Waals surface area contributed by atoms with Crippen molar-refractivity contribution in [3.8, 4) is 5.75 Å². The molecule has 2 aliphatic heterocycles. The lowest BCUT2D eigenvalue weighted by atomic mass is 9.66. The second-order valence-corrected chi connectivity index (χ2v) is 8.86. The maximum Gasteiger partial charge on any atom is 0.150 e. The molecule has 0 amide bonds. The minimum atomic E-state index is -2.86. The summed E-state index contributed by atoms with van der Waals surface area (Å²) in [6.45, 7) is 1.73. The van der Waals surface area contributed by atoms with Crippen LogP contribution in [-0.4, -0.2) is 40.1 Å². The van der Waals surface area contributed by atoms with Crippen LogP contribution >= 0.6 is 11.6 Å². The summed E-state index contributed by atoms with van der Waals surface area (Å²) in [5.41, 5.74) is 1.08. The molecule has 3 rings (SSSR count). The molecule has 1 aromatic rings. The van der Waals surface area contributed by atoms with Crippen molar-refractivity contribution in [2.45, 2.75) is 12.8 Å². The van der Waals surface area contributed by atoms with Crippen LogP contribution in [0, 0.1) is 11.3 Å². The Hall–Kier alpha value is -0.780. The molecular weight excluding hydrogens is 310 g/mol. The molecule has 0 saturated carbocycles. The minimum absolute atomic E-state index is 0.0154. The van der Waals surface area contributed by atoms with Crippen LogP contribution in [0.4, 0.5) is 0 Å². The van der Waals surface area contributed by atoms with Gasteiger partial charge in [0, 0.05) is 23.5 Å². The SMILES string of the molecule is COc1ccc(Cl)cc1CC1(C2CCS(=O)(=O)C2)CNC1. The average Bonchev–Trinajstić information content (AvgIpc) is 2.74. The van der Waals surface area contributed by atoms with Crippen molar-refractivity contribution < 1.29 is 13.2 Å². The molecular formula is C15H20ClNO3S. The molecule has 2 heterocycles. The van der Waals surface area contributed by atoms with Crippen molar-refractivity contribution in [3.05, 3.63) is 28.8 Å². The summed E-state index contributed by atoms with van der Waals surface area (Å²) < 4.78 is 29.0. The zero-order valence-corrected chi connectivity index (χ0v) is 13.6. The predicted octanol–water partition coefficient (Wildman–Crippen LogP) is 1.92. The number of halogens is 1. The second-order valence-electron chi connectivity index (χ2n) is 6.20. The van der Waals surface area contributed by atoms with Crippen molar-refractivity contribution in [3.63, 3.8) is 0 Å². The molecule has 1 N–H and O–H groups in total. The Bertz CT molecular complexity index is 640. The van der Waals surface area contributed by atoms with E-state index in [1.54, 1.807) is 7.11 Å². The van der Waals surface area contributed by atoms with E-state index in [9.17, 15) is 8.42 Å². The summed E-state index contributed by atoms with van der Waals surface area (Å²) in [6, 6.07) is 5.63. The first kappa shape index (κ1) is 15.1. The molecule has 2 aliphatic rings. The Morgan fingerprint density at radius 2 is 2.19 bits per heavy atom. The first-order chi connectivity index (χ1) is 9.94. The third kappa shape index (κ3) is 2.91. The molecule has 1 atom stereocenters. The second kappa shape index (κ2) is 5.45. The Morgan fingerprint density at radius 1 is 1.43 bits per heavy atom. The van der Waals surface area contributed by atoms with E-state index in [1.165, 1.54) is 0 Å². The molecule has 0 aromatic heterocycles. The summed E-state index contributed by atoms with van der Waals surface area (Å²) >= 11 is 6.10. The van der Waals surface area contributed by atoms with E-state index >= 15 is 0 Å². The molecule has 4 nitrogen and oxygen atoms in total. The van der Waals surface area contributed by atoms with E-state index in [4.69, 9.17) is 16.3 Å². The lowest BCUT2D eigenvalue weighted by Gasteiger charge is -2.47. The van der Waals surface area contributed by atoms with Crippen molar-refractivity contribution in [2.75, 3.05) is 31.7 Å². The third-order valence-corrected chi connectivity index (χ3v) is 6.84. The summed E-state index contributed by atoms with van der Waals surface area (Å²) in [4.78, 5) is 0. The lowest BCUT2D eigenvalue weighted by Crippen LogP contribution is -2.59. The normalized spacial score (nSPS) is 26.3. The van der Waals surface area contributed by atoms with Gasteiger partial charge in [-0.25, -0.2) is 8.42 Å². The summed E-state index contributed by atoms with van der Waals surface area (Å²) in [7, 11) is -1.20. The van der Waals surface area contributed by atoms with Gasteiger partial charge in [0.05, 0.1) is 18.6 Å². The van der Waals surface area contributed by atoms with Crippen molar-refractivity contribution in [1.29, 1.82) is 0 Å². The number of rotatable bonds is 4. The first-order valence-corrected chi connectivity index (χ1v) is 9.38. The molecule has 0 spiro atoms. The number of ether oxygens (including phenoxy) is 1. The molecule has 21 heavy (non-hydrogen) atoms. The van der Waals surface area contributed by atoms with Gasteiger partial charge in [-0.3, -0.25) is 0 Å². The quantitative estimate of drug-likeness (QED) is 0.917. The van der Waals surface area contributed by atoms with Crippen LogP contribution in [-0.2, 0) is 16.3 Å². The van der Waals surface area contributed by atoms with E-state index in [0.29, 0.717) is 16.5 Å². The zero-order chi connectivity index (χ0) is 15.1. The molecule has 116 valence electrons. The lowest BCUT2D eigenvalue weighted by molar-refractivity contribution is 0.0916. The number of benzene rings is 1. The highest BCUT2D eigenvalue weighted by Crippen LogP contribution is 2.43. The molecule has 1 aromatic carbocycles. The molecule has 6 heteroatoms. The average molecular weight is 330 g/mol. The monoisotopic (exact) mass is 329 g/mol. The van der Waals surface area contributed by atoms with Gasteiger partial charge in [0.1, 0.15) is 5.75 Å².